The first-order valence-corrected chi connectivity index (χ1v) is 16.5. The van der Waals surface area contributed by atoms with Gasteiger partial charge in [0, 0.05) is 30.5 Å². The molecule has 1 aromatic heterocycles. The lowest BCUT2D eigenvalue weighted by Crippen LogP contribution is -2.55. The molecule has 2 heterocycles. The first kappa shape index (κ1) is 28.4. The van der Waals surface area contributed by atoms with Gasteiger partial charge in [-0.25, -0.2) is 4.98 Å². The highest BCUT2D eigenvalue weighted by Crippen LogP contribution is 2.60. The summed E-state index contributed by atoms with van der Waals surface area (Å²) in [4.78, 5) is 47.7. The molecule has 0 saturated heterocycles. The van der Waals surface area contributed by atoms with Gasteiger partial charge in [-0.1, -0.05) is 36.4 Å². The molecule has 1 spiro atoms. The Hall–Kier alpha value is -4.04. The average molecular weight is 604 g/mol. The fourth-order valence-corrected chi connectivity index (χ4v) is 9.91. The van der Waals surface area contributed by atoms with Crippen molar-refractivity contribution < 1.29 is 14.4 Å². The topological polar surface area (TPSA) is 103 Å². The minimum absolute atomic E-state index is 0.0109. The third-order valence-electron chi connectivity index (χ3n) is 11.4. The molecule has 0 unspecified atom stereocenters. The molecule has 8 heteroatoms. The molecule has 232 valence electrons. The summed E-state index contributed by atoms with van der Waals surface area (Å²) in [6.45, 7) is 1.13. The molecular formula is C37H41N5O3. The highest BCUT2D eigenvalue weighted by Gasteiger charge is 2.56. The Morgan fingerprint density at radius 1 is 0.933 bits per heavy atom. The minimum Gasteiger partial charge on any atom is -0.329 e. The van der Waals surface area contributed by atoms with Crippen molar-refractivity contribution in [3.05, 3.63) is 88.6 Å². The average Bonchev–Trinajstić information content (AvgIpc) is 3.53. The molecule has 4 fully saturated rings. The van der Waals surface area contributed by atoms with Crippen LogP contribution < -0.4 is 16.0 Å². The fraction of sp³-hybridized carbons (Fsp3) is 0.459. The standard InChI is InChI=1S/C37H41N5O3/c1-38-20-27-5-2-3-6-28(27)21-42(35(45)36-15-23-11-24(16-36)13-25(12-23)17-36)22-32(43)40-30-9-8-26-18-37(19-29(26)14-30)31-7-4-10-39-33(31)41-34(37)44/h2-10,14,23-25,38H,11-13,15-22H2,1H3,(H,40,43)(H,39,41,44)/t23?,24?,25?,36?,37-/m1/s1. The molecule has 8 nitrogen and oxygen atoms in total. The maximum Gasteiger partial charge on any atom is 0.244 e. The first-order chi connectivity index (χ1) is 21.8. The van der Waals surface area contributed by atoms with Crippen molar-refractivity contribution in [2.24, 2.45) is 23.2 Å². The SMILES string of the molecule is CNCc1ccccc1CN(CC(=O)Nc1ccc2c(c1)C[C@@]1(C2)C(=O)Nc2ncccc21)C(=O)C12CC3CC(CC(C3)C1)C2. The number of hydrogen-bond acceptors (Lipinski definition) is 5. The molecule has 4 bridgehead atoms. The Morgan fingerprint density at radius 3 is 2.38 bits per heavy atom. The Labute approximate surface area is 264 Å². The highest BCUT2D eigenvalue weighted by atomic mass is 16.2. The largest absolute Gasteiger partial charge is 0.329 e. The lowest BCUT2D eigenvalue weighted by molar-refractivity contribution is -0.159. The number of aromatic nitrogens is 1. The smallest absolute Gasteiger partial charge is 0.244 e. The number of anilines is 2. The third-order valence-corrected chi connectivity index (χ3v) is 11.4. The molecule has 1 aliphatic heterocycles. The van der Waals surface area contributed by atoms with E-state index in [9.17, 15) is 14.4 Å². The van der Waals surface area contributed by atoms with Gasteiger partial charge in [-0.15, -0.1) is 0 Å². The van der Waals surface area contributed by atoms with Crippen LogP contribution in [0.25, 0.3) is 0 Å². The van der Waals surface area contributed by atoms with Crippen LogP contribution >= 0.6 is 0 Å². The van der Waals surface area contributed by atoms with Gasteiger partial charge in [0.25, 0.3) is 0 Å². The van der Waals surface area contributed by atoms with E-state index in [2.05, 4.69) is 33.1 Å². The van der Waals surface area contributed by atoms with E-state index in [1.807, 2.05) is 54.4 Å². The summed E-state index contributed by atoms with van der Waals surface area (Å²) in [5.74, 6) is 2.52. The van der Waals surface area contributed by atoms with Crippen LogP contribution in [0, 0.1) is 23.2 Å². The summed E-state index contributed by atoms with van der Waals surface area (Å²) in [6.07, 6.45) is 9.57. The number of rotatable bonds is 8. The van der Waals surface area contributed by atoms with E-state index in [1.165, 1.54) is 19.3 Å². The van der Waals surface area contributed by atoms with Crippen LogP contribution in [0.5, 0.6) is 0 Å². The summed E-state index contributed by atoms with van der Waals surface area (Å²) in [5, 5.41) is 9.31. The van der Waals surface area contributed by atoms with Crippen LogP contribution in [0.2, 0.25) is 0 Å². The Morgan fingerprint density at radius 2 is 1.64 bits per heavy atom. The molecule has 4 saturated carbocycles. The third kappa shape index (κ3) is 4.85. The first-order valence-electron chi connectivity index (χ1n) is 16.5. The summed E-state index contributed by atoms with van der Waals surface area (Å²) >= 11 is 0. The number of nitrogens with one attached hydrogen (secondary N) is 3. The van der Waals surface area contributed by atoms with Crippen molar-refractivity contribution in [2.45, 2.75) is 69.9 Å². The molecule has 45 heavy (non-hydrogen) atoms. The van der Waals surface area contributed by atoms with Gasteiger partial charge < -0.3 is 20.9 Å². The second-order valence-corrected chi connectivity index (χ2v) is 14.5. The molecule has 6 aliphatic rings. The van der Waals surface area contributed by atoms with Crippen LogP contribution in [0.3, 0.4) is 0 Å². The van der Waals surface area contributed by atoms with Gasteiger partial charge in [0.2, 0.25) is 17.7 Å². The van der Waals surface area contributed by atoms with Gasteiger partial charge in [0.15, 0.2) is 0 Å². The van der Waals surface area contributed by atoms with E-state index in [1.54, 1.807) is 6.20 Å². The van der Waals surface area contributed by atoms with Gasteiger partial charge in [0.05, 0.1) is 10.8 Å². The molecule has 0 radical (unpaired) electrons. The van der Waals surface area contributed by atoms with Crippen molar-refractivity contribution in [1.82, 2.24) is 15.2 Å². The number of carbonyl (C=O) groups excluding carboxylic acids is 3. The zero-order valence-corrected chi connectivity index (χ0v) is 25.9. The van der Waals surface area contributed by atoms with Crippen molar-refractivity contribution >= 4 is 29.2 Å². The minimum atomic E-state index is -0.656. The Kier molecular flexibility index (Phi) is 6.82. The monoisotopic (exact) mass is 603 g/mol. The fourth-order valence-electron chi connectivity index (χ4n) is 9.91. The molecule has 1 atom stereocenters. The van der Waals surface area contributed by atoms with Gasteiger partial charge >= 0.3 is 0 Å². The van der Waals surface area contributed by atoms with Gasteiger partial charge in [-0.05, 0) is 117 Å². The highest BCUT2D eigenvalue weighted by molar-refractivity contribution is 6.06. The number of hydrogen-bond donors (Lipinski definition) is 3. The van der Waals surface area contributed by atoms with Crippen molar-refractivity contribution in [3.63, 3.8) is 0 Å². The summed E-state index contributed by atoms with van der Waals surface area (Å²) in [5.41, 5.74) is 5.03. The molecule has 9 rings (SSSR count). The zero-order chi connectivity index (χ0) is 30.8. The molecular weight excluding hydrogens is 562 g/mol. The van der Waals surface area contributed by atoms with E-state index in [-0.39, 0.29) is 29.7 Å². The van der Waals surface area contributed by atoms with Crippen molar-refractivity contribution in [2.75, 3.05) is 24.2 Å². The van der Waals surface area contributed by atoms with Crippen LogP contribution in [-0.4, -0.2) is 41.2 Å². The Bertz CT molecular complexity index is 1670. The quantitative estimate of drug-likeness (QED) is 0.337. The number of pyridine rings is 1. The van der Waals surface area contributed by atoms with E-state index >= 15 is 0 Å². The lowest BCUT2D eigenvalue weighted by atomic mass is 9.49. The summed E-state index contributed by atoms with van der Waals surface area (Å²) in [6, 6.07) is 18.0. The molecule has 3 aromatic rings. The number of nitrogens with zero attached hydrogens (tertiary/aromatic N) is 2. The predicted octanol–water partition coefficient (Wildman–Crippen LogP) is 4.97. The summed E-state index contributed by atoms with van der Waals surface area (Å²) < 4.78 is 0. The van der Waals surface area contributed by atoms with E-state index < -0.39 is 5.41 Å². The molecule has 5 aliphatic carbocycles. The van der Waals surface area contributed by atoms with Gasteiger partial charge in [-0.3, -0.25) is 14.4 Å². The second-order valence-electron chi connectivity index (χ2n) is 14.5. The lowest BCUT2D eigenvalue weighted by Gasteiger charge is -2.56. The number of carbonyl (C=O) groups is 3. The predicted molar refractivity (Wildman–Crippen MR) is 172 cm³/mol. The molecule has 3 amide bonds. The van der Waals surface area contributed by atoms with Crippen LogP contribution in [-0.2, 0) is 45.7 Å². The van der Waals surface area contributed by atoms with E-state index in [0.29, 0.717) is 55.2 Å². The number of amides is 3. The zero-order valence-electron chi connectivity index (χ0n) is 25.9. The van der Waals surface area contributed by atoms with Gasteiger partial charge in [0.1, 0.15) is 12.4 Å². The maximum atomic E-state index is 14.6. The summed E-state index contributed by atoms with van der Waals surface area (Å²) in [7, 11) is 1.93. The molecule has 3 N–H and O–H groups in total. The number of benzene rings is 2. The number of fused-ring (bicyclic) bond motifs is 3. The van der Waals surface area contributed by atoms with E-state index in [0.717, 1.165) is 47.1 Å². The van der Waals surface area contributed by atoms with Crippen LogP contribution in [0.1, 0.15) is 66.3 Å². The second kappa shape index (κ2) is 10.8. The van der Waals surface area contributed by atoms with Gasteiger partial charge in [-0.2, -0.15) is 0 Å². The van der Waals surface area contributed by atoms with Crippen molar-refractivity contribution in [1.29, 1.82) is 0 Å². The van der Waals surface area contributed by atoms with Crippen molar-refractivity contribution in [3.8, 4) is 0 Å². The molecule has 2 aromatic carbocycles. The van der Waals surface area contributed by atoms with Crippen LogP contribution in [0.15, 0.2) is 60.8 Å². The van der Waals surface area contributed by atoms with Crippen LogP contribution in [0.4, 0.5) is 11.5 Å². The van der Waals surface area contributed by atoms with E-state index in [4.69, 9.17) is 0 Å². The normalized spacial score (nSPS) is 28.6. The maximum absolute atomic E-state index is 14.6. The Balaban J connectivity index is 1.03.